The van der Waals surface area contributed by atoms with E-state index in [0.717, 1.165) is 11.3 Å². The molecule has 1 heterocycles. The van der Waals surface area contributed by atoms with Crippen molar-refractivity contribution in [1.29, 1.82) is 0 Å². The Morgan fingerprint density at radius 1 is 1.53 bits per heavy atom. The van der Waals surface area contributed by atoms with Crippen molar-refractivity contribution in [2.24, 2.45) is 0 Å². The summed E-state index contributed by atoms with van der Waals surface area (Å²) in [5, 5.41) is 10.5. The van der Waals surface area contributed by atoms with Crippen molar-refractivity contribution in [2.45, 2.75) is 0 Å². The van der Waals surface area contributed by atoms with Gasteiger partial charge in [-0.2, -0.15) is 0 Å². The number of likely N-dealkylation sites (N-methyl/N-ethyl adjacent to an activating group) is 1. The molecule has 1 rings (SSSR count). The Kier molecular flexibility index (Phi) is 3.56. The van der Waals surface area contributed by atoms with Crippen molar-refractivity contribution in [3.8, 4) is 0 Å². The molecule has 15 heavy (non-hydrogen) atoms. The summed E-state index contributed by atoms with van der Waals surface area (Å²) in [4.78, 5) is 23.2. The normalized spacial score (nSPS) is 10.5. The average molecular weight is 226 g/mol. The van der Waals surface area contributed by atoms with Gasteiger partial charge in [-0.3, -0.25) is 14.9 Å². The van der Waals surface area contributed by atoms with E-state index < -0.39 is 4.92 Å². The molecule has 1 amide bonds. The third-order valence-corrected chi connectivity index (χ3v) is 2.63. The average Bonchev–Trinajstić information content (AvgIpc) is 2.62. The monoisotopic (exact) mass is 226 g/mol. The van der Waals surface area contributed by atoms with Crippen LogP contribution < -0.4 is 0 Å². The quantitative estimate of drug-likeness (QED) is 0.448. The zero-order valence-electron chi connectivity index (χ0n) is 8.34. The summed E-state index contributed by atoms with van der Waals surface area (Å²) in [6, 6.07) is 3.03. The van der Waals surface area contributed by atoms with Crippen LogP contribution in [0.25, 0.3) is 6.08 Å². The molecular formula is C9H10N2O3S. The molecular weight excluding hydrogens is 216 g/mol. The maximum absolute atomic E-state index is 11.2. The van der Waals surface area contributed by atoms with Crippen LogP contribution in [0.3, 0.4) is 0 Å². The molecule has 1 aromatic heterocycles. The minimum Gasteiger partial charge on any atom is -0.345 e. The van der Waals surface area contributed by atoms with E-state index in [1.54, 1.807) is 26.2 Å². The van der Waals surface area contributed by atoms with Crippen LogP contribution in [0.2, 0.25) is 0 Å². The summed E-state index contributed by atoms with van der Waals surface area (Å²) >= 11 is 1.04. The first-order valence-electron chi connectivity index (χ1n) is 4.14. The van der Waals surface area contributed by atoms with Crippen LogP contribution in [0.4, 0.5) is 5.00 Å². The molecule has 80 valence electrons. The van der Waals surface area contributed by atoms with Crippen LogP contribution in [0, 0.1) is 10.1 Å². The minimum absolute atomic E-state index is 0.0759. The standard InChI is InChI=1S/C9H10N2O3S/c1-10(2)8(12)5-3-7-4-6-9(15-7)11(13)14/h3-6H,1-2H3/b5-3+. The number of thiophene rings is 1. The summed E-state index contributed by atoms with van der Waals surface area (Å²) in [6.45, 7) is 0. The van der Waals surface area contributed by atoms with Crippen molar-refractivity contribution in [3.05, 3.63) is 33.2 Å². The highest BCUT2D eigenvalue weighted by molar-refractivity contribution is 7.16. The Hall–Kier alpha value is -1.69. The van der Waals surface area contributed by atoms with Gasteiger partial charge < -0.3 is 4.90 Å². The molecule has 0 unspecified atom stereocenters. The number of carbonyl (C=O) groups excluding carboxylic acids is 1. The second kappa shape index (κ2) is 4.70. The van der Waals surface area contributed by atoms with Crippen molar-refractivity contribution >= 4 is 28.3 Å². The Morgan fingerprint density at radius 3 is 2.67 bits per heavy atom. The first-order chi connectivity index (χ1) is 7.00. The number of nitrogens with zero attached hydrogens (tertiary/aromatic N) is 2. The molecule has 0 fully saturated rings. The highest BCUT2D eigenvalue weighted by Crippen LogP contribution is 2.24. The summed E-state index contributed by atoms with van der Waals surface area (Å²) in [5.74, 6) is -0.147. The molecule has 0 spiro atoms. The van der Waals surface area contributed by atoms with Gasteiger partial charge in [-0.05, 0) is 12.1 Å². The molecule has 0 aromatic carbocycles. The second-order valence-electron chi connectivity index (χ2n) is 3.00. The van der Waals surface area contributed by atoms with E-state index in [2.05, 4.69) is 0 Å². The molecule has 0 aliphatic heterocycles. The van der Waals surface area contributed by atoms with Crippen LogP contribution in [0.5, 0.6) is 0 Å². The van der Waals surface area contributed by atoms with E-state index >= 15 is 0 Å². The van der Waals surface area contributed by atoms with Crippen molar-refractivity contribution < 1.29 is 9.72 Å². The molecule has 1 aromatic rings. The number of carbonyl (C=O) groups is 1. The number of hydrogen-bond acceptors (Lipinski definition) is 4. The summed E-state index contributed by atoms with van der Waals surface area (Å²) in [5.41, 5.74) is 0. The van der Waals surface area contributed by atoms with E-state index in [-0.39, 0.29) is 10.9 Å². The zero-order valence-corrected chi connectivity index (χ0v) is 9.15. The van der Waals surface area contributed by atoms with Gasteiger partial charge >= 0.3 is 5.00 Å². The lowest BCUT2D eigenvalue weighted by atomic mass is 10.4. The molecule has 0 N–H and O–H groups in total. The van der Waals surface area contributed by atoms with Crippen molar-refractivity contribution in [2.75, 3.05) is 14.1 Å². The minimum atomic E-state index is -0.449. The number of nitro groups is 1. The maximum Gasteiger partial charge on any atom is 0.324 e. The van der Waals surface area contributed by atoms with Crippen LogP contribution >= 0.6 is 11.3 Å². The van der Waals surface area contributed by atoms with E-state index in [1.807, 2.05) is 0 Å². The summed E-state index contributed by atoms with van der Waals surface area (Å²) < 4.78 is 0. The zero-order chi connectivity index (χ0) is 11.4. The van der Waals surface area contributed by atoms with E-state index in [4.69, 9.17) is 0 Å². The first kappa shape index (κ1) is 11.4. The highest BCUT2D eigenvalue weighted by atomic mass is 32.1. The largest absolute Gasteiger partial charge is 0.345 e. The van der Waals surface area contributed by atoms with Crippen LogP contribution in [0.1, 0.15) is 4.88 Å². The second-order valence-corrected chi connectivity index (χ2v) is 4.09. The van der Waals surface area contributed by atoms with E-state index in [1.165, 1.54) is 17.0 Å². The number of amides is 1. The van der Waals surface area contributed by atoms with Gasteiger partial charge in [0.2, 0.25) is 5.91 Å². The van der Waals surface area contributed by atoms with E-state index in [9.17, 15) is 14.9 Å². The molecule has 6 heteroatoms. The topological polar surface area (TPSA) is 63.5 Å². The Bertz CT molecular complexity index is 409. The van der Waals surface area contributed by atoms with Crippen molar-refractivity contribution in [1.82, 2.24) is 4.90 Å². The molecule has 0 aliphatic rings. The predicted octanol–water partition coefficient (Wildman–Crippen LogP) is 1.76. The maximum atomic E-state index is 11.2. The molecule has 0 bridgehead atoms. The lowest BCUT2D eigenvalue weighted by Crippen LogP contribution is -2.18. The smallest absolute Gasteiger partial charge is 0.324 e. The fourth-order valence-corrected chi connectivity index (χ4v) is 1.56. The van der Waals surface area contributed by atoms with Gasteiger partial charge in [0.05, 0.1) is 4.92 Å². The van der Waals surface area contributed by atoms with Gasteiger partial charge in [0.15, 0.2) is 0 Å². The first-order valence-corrected chi connectivity index (χ1v) is 4.96. The lowest BCUT2D eigenvalue weighted by molar-refractivity contribution is -0.380. The lowest BCUT2D eigenvalue weighted by Gasteiger charge is -2.04. The molecule has 0 saturated heterocycles. The van der Waals surface area contributed by atoms with E-state index in [0.29, 0.717) is 4.88 Å². The Balaban J connectivity index is 2.73. The van der Waals surface area contributed by atoms with Gasteiger partial charge in [0, 0.05) is 31.1 Å². The third-order valence-electron chi connectivity index (χ3n) is 1.62. The highest BCUT2D eigenvalue weighted by Gasteiger charge is 2.07. The summed E-state index contributed by atoms with van der Waals surface area (Å²) in [6.07, 6.45) is 2.95. The Morgan fingerprint density at radius 2 is 2.20 bits per heavy atom. The van der Waals surface area contributed by atoms with Crippen LogP contribution in [-0.2, 0) is 4.79 Å². The van der Waals surface area contributed by atoms with Gasteiger partial charge in [-0.1, -0.05) is 11.3 Å². The van der Waals surface area contributed by atoms with Crippen molar-refractivity contribution in [3.63, 3.8) is 0 Å². The fourth-order valence-electron chi connectivity index (χ4n) is 0.832. The molecule has 0 radical (unpaired) electrons. The molecule has 0 atom stereocenters. The fraction of sp³-hybridized carbons (Fsp3) is 0.222. The number of hydrogen-bond donors (Lipinski definition) is 0. The van der Waals surface area contributed by atoms with Gasteiger partial charge in [0.25, 0.3) is 0 Å². The van der Waals surface area contributed by atoms with Gasteiger partial charge in [-0.25, -0.2) is 0 Å². The van der Waals surface area contributed by atoms with Gasteiger partial charge in [-0.15, -0.1) is 0 Å². The van der Waals surface area contributed by atoms with Crippen LogP contribution in [-0.4, -0.2) is 29.8 Å². The Labute approximate surface area is 90.8 Å². The van der Waals surface area contributed by atoms with Gasteiger partial charge in [0.1, 0.15) is 0 Å². The third kappa shape index (κ3) is 3.17. The molecule has 5 nitrogen and oxygen atoms in total. The molecule has 0 aliphatic carbocycles. The predicted molar refractivity (Wildman–Crippen MR) is 58.7 cm³/mol. The van der Waals surface area contributed by atoms with Crippen LogP contribution in [0.15, 0.2) is 18.2 Å². The number of rotatable bonds is 3. The summed E-state index contributed by atoms with van der Waals surface area (Å²) in [7, 11) is 3.28. The molecule has 0 saturated carbocycles. The SMILES string of the molecule is CN(C)C(=O)/C=C/c1ccc([N+](=O)[O-])s1.